The quantitative estimate of drug-likeness (QED) is 0.154. The van der Waals surface area contributed by atoms with Gasteiger partial charge in [-0.25, -0.2) is 13.4 Å². The van der Waals surface area contributed by atoms with Gasteiger partial charge in [0.15, 0.2) is 5.16 Å². The number of hydrogen-bond acceptors (Lipinski definition) is 5. The number of alkyl halides is 6. The maximum absolute atomic E-state index is 13.7. The Kier molecular flexibility index (Phi) is 8.11. The molecule has 2 aromatic heterocycles. The number of benzene rings is 2. The lowest BCUT2D eigenvalue weighted by Gasteiger charge is -2.18. The number of aromatic nitrogens is 2. The molecule has 0 bridgehead atoms. The monoisotopic (exact) mass is 591 g/mol. The minimum absolute atomic E-state index is 0.0139. The van der Waals surface area contributed by atoms with Crippen LogP contribution in [0.4, 0.5) is 26.3 Å². The lowest BCUT2D eigenvalue weighted by molar-refractivity contribution is -0.143. The van der Waals surface area contributed by atoms with Gasteiger partial charge in [-0.2, -0.15) is 30.6 Å². The molecule has 0 aliphatic carbocycles. The molecule has 0 saturated carbocycles. The van der Waals surface area contributed by atoms with E-state index in [1.807, 2.05) is 0 Å². The van der Waals surface area contributed by atoms with Crippen molar-refractivity contribution in [3.8, 4) is 0 Å². The number of rotatable bonds is 9. The maximum atomic E-state index is 13.7. The van der Waals surface area contributed by atoms with Crippen molar-refractivity contribution >= 4 is 32.8 Å². The molecule has 0 saturated heterocycles. The van der Waals surface area contributed by atoms with Crippen LogP contribution >= 0.6 is 11.8 Å². The molecule has 14 heteroatoms. The SMILES string of the molecule is CCN(CC)S(=O)(=O)c1ccc2c(c1)nc(SCc1ccc(C(F)(F)F)cc1C(F)(F)F)n2Cc1ccco1. The fourth-order valence-corrected chi connectivity index (χ4v) is 6.56. The zero-order chi connectivity index (χ0) is 28.6. The molecule has 0 atom stereocenters. The summed E-state index contributed by atoms with van der Waals surface area (Å²) < 4.78 is 115. The van der Waals surface area contributed by atoms with Crippen LogP contribution in [-0.2, 0) is 34.7 Å². The first-order chi connectivity index (χ1) is 18.3. The van der Waals surface area contributed by atoms with Crippen molar-refractivity contribution in [1.29, 1.82) is 0 Å². The molecule has 0 fully saturated rings. The molecule has 0 aliphatic rings. The maximum Gasteiger partial charge on any atom is 0.416 e. The largest absolute Gasteiger partial charge is 0.467 e. The summed E-state index contributed by atoms with van der Waals surface area (Å²) in [5.74, 6) is 0.181. The van der Waals surface area contributed by atoms with E-state index in [0.29, 0.717) is 22.9 Å². The van der Waals surface area contributed by atoms with Crippen molar-refractivity contribution in [2.75, 3.05) is 13.1 Å². The van der Waals surface area contributed by atoms with Gasteiger partial charge in [-0.3, -0.25) is 0 Å². The highest BCUT2D eigenvalue weighted by Gasteiger charge is 2.38. The number of nitrogens with zero attached hydrogens (tertiary/aromatic N) is 3. The van der Waals surface area contributed by atoms with Crippen molar-refractivity contribution in [2.24, 2.45) is 0 Å². The highest BCUT2D eigenvalue weighted by molar-refractivity contribution is 7.98. The summed E-state index contributed by atoms with van der Waals surface area (Å²) in [5, 5.41) is 0.242. The molecule has 0 amide bonds. The number of sulfonamides is 1. The molecule has 6 nitrogen and oxygen atoms in total. The molecule has 0 N–H and O–H groups in total. The molecule has 39 heavy (non-hydrogen) atoms. The van der Waals surface area contributed by atoms with Gasteiger partial charge < -0.3 is 8.98 Å². The summed E-state index contributed by atoms with van der Waals surface area (Å²) in [6, 6.07) is 9.27. The Balaban J connectivity index is 1.75. The first kappa shape index (κ1) is 29.0. The zero-order valence-corrected chi connectivity index (χ0v) is 22.3. The Morgan fingerprint density at radius 3 is 2.28 bits per heavy atom. The van der Waals surface area contributed by atoms with Gasteiger partial charge in [0.2, 0.25) is 10.0 Å². The molecule has 0 radical (unpaired) electrons. The van der Waals surface area contributed by atoms with E-state index in [1.165, 1.54) is 22.7 Å². The van der Waals surface area contributed by atoms with Gasteiger partial charge in [0.25, 0.3) is 0 Å². The van der Waals surface area contributed by atoms with E-state index in [9.17, 15) is 34.8 Å². The van der Waals surface area contributed by atoms with Crippen molar-refractivity contribution in [1.82, 2.24) is 13.9 Å². The van der Waals surface area contributed by atoms with Gasteiger partial charge in [-0.05, 0) is 48.0 Å². The molecule has 210 valence electrons. The first-order valence-electron chi connectivity index (χ1n) is 11.7. The highest BCUT2D eigenvalue weighted by atomic mass is 32.2. The molecular formula is C25H23F6N3O3S2. The Morgan fingerprint density at radius 2 is 1.69 bits per heavy atom. The lowest BCUT2D eigenvalue weighted by Crippen LogP contribution is -2.30. The predicted octanol–water partition coefficient (Wildman–Crippen LogP) is 7.04. The van der Waals surface area contributed by atoms with Crippen LogP contribution in [-0.4, -0.2) is 35.4 Å². The van der Waals surface area contributed by atoms with Crippen molar-refractivity contribution in [2.45, 2.75) is 48.5 Å². The van der Waals surface area contributed by atoms with Crippen LogP contribution in [0, 0.1) is 0 Å². The topological polar surface area (TPSA) is 68.3 Å². The van der Waals surface area contributed by atoms with Crippen LogP contribution < -0.4 is 0 Å². The van der Waals surface area contributed by atoms with Crippen LogP contribution in [0.5, 0.6) is 0 Å². The summed E-state index contributed by atoms with van der Waals surface area (Å²) in [7, 11) is -3.80. The Morgan fingerprint density at radius 1 is 0.974 bits per heavy atom. The number of thioether (sulfide) groups is 1. The third kappa shape index (κ3) is 6.12. The normalized spacial score (nSPS) is 13.1. The van der Waals surface area contributed by atoms with Crippen LogP contribution in [0.3, 0.4) is 0 Å². The average molecular weight is 592 g/mol. The minimum atomic E-state index is -5.00. The van der Waals surface area contributed by atoms with E-state index in [2.05, 4.69) is 4.98 Å². The smallest absolute Gasteiger partial charge is 0.416 e. The van der Waals surface area contributed by atoms with E-state index >= 15 is 0 Å². The van der Waals surface area contributed by atoms with E-state index in [-0.39, 0.29) is 47.1 Å². The second-order valence-corrected chi connectivity index (χ2v) is 11.3. The number of furan rings is 1. The van der Waals surface area contributed by atoms with E-state index in [4.69, 9.17) is 4.42 Å². The second kappa shape index (κ2) is 10.9. The van der Waals surface area contributed by atoms with Crippen LogP contribution in [0.2, 0.25) is 0 Å². The molecule has 0 unspecified atom stereocenters. The first-order valence-corrected chi connectivity index (χ1v) is 14.1. The molecule has 0 aliphatic heterocycles. The summed E-state index contributed by atoms with van der Waals surface area (Å²) in [5.41, 5.74) is -2.32. The average Bonchev–Trinajstić information content (AvgIpc) is 3.50. The van der Waals surface area contributed by atoms with Crippen molar-refractivity contribution in [3.63, 3.8) is 0 Å². The minimum Gasteiger partial charge on any atom is -0.467 e. The van der Waals surface area contributed by atoms with Gasteiger partial charge in [-0.1, -0.05) is 31.7 Å². The van der Waals surface area contributed by atoms with Gasteiger partial charge in [-0.15, -0.1) is 0 Å². The second-order valence-electron chi connectivity index (χ2n) is 8.46. The summed E-state index contributed by atoms with van der Waals surface area (Å²) >= 11 is 0.889. The fourth-order valence-electron chi connectivity index (χ4n) is 4.07. The van der Waals surface area contributed by atoms with Gasteiger partial charge in [0.05, 0.1) is 39.9 Å². The number of imidazole rings is 1. The van der Waals surface area contributed by atoms with Gasteiger partial charge in [0.1, 0.15) is 5.76 Å². The van der Waals surface area contributed by atoms with E-state index in [0.717, 1.165) is 17.8 Å². The third-order valence-electron chi connectivity index (χ3n) is 6.02. The van der Waals surface area contributed by atoms with Crippen molar-refractivity contribution < 1.29 is 39.2 Å². The van der Waals surface area contributed by atoms with Gasteiger partial charge in [0, 0.05) is 18.8 Å². The summed E-state index contributed by atoms with van der Waals surface area (Å²) in [4.78, 5) is 4.50. The molecule has 2 heterocycles. The molecule has 2 aromatic carbocycles. The molecular weight excluding hydrogens is 568 g/mol. The number of hydrogen-bond donors (Lipinski definition) is 0. The standard InChI is InChI=1S/C25H23F6N3O3S2/c1-3-33(4-2)39(35,36)19-9-10-22-21(13-19)32-23(34(22)14-18-6-5-11-37-18)38-15-16-7-8-17(24(26,27)28)12-20(16)25(29,30)31/h5-13H,3-4,14-15H2,1-2H3. The van der Waals surface area contributed by atoms with Gasteiger partial charge >= 0.3 is 12.4 Å². The zero-order valence-electron chi connectivity index (χ0n) is 20.7. The van der Waals surface area contributed by atoms with Crippen LogP contribution in [0.1, 0.15) is 36.3 Å². The van der Waals surface area contributed by atoms with Crippen LogP contribution in [0.25, 0.3) is 11.0 Å². The van der Waals surface area contributed by atoms with E-state index < -0.39 is 33.5 Å². The Labute approximate surface area is 224 Å². The molecule has 4 rings (SSSR count). The van der Waals surface area contributed by atoms with Crippen molar-refractivity contribution in [3.05, 3.63) is 77.2 Å². The molecule has 0 spiro atoms. The highest BCUT2D eigenvalue weighted by Crippen LogP contribution is 2.39. The Hall–Kier alpha value is -2.97. The van der Waals surface area contributed by atoms with Crippen LogP contribution in [0.15, 0.2) is 69.3 Å². The summed E-state index contributed by atoms with van der Waals surface area (Å²) in [6.45, 7) is 4.10. The Bertz CT molecular complexity index is 1560. The third-order valence-corrected chi connectivity index (χ3v) is 9.09. The predicted molar refractivity (Wildman–Crippen MR) is 134 cm³/mol. The number of fused-ring (bicyclic) bond motifs is 1. The lowest BCUT2D eigenvalue weighted by atomic mass is 10.0. The summed E-state index contributed by atoms with van der Waals surface area (Å²) in [6.07, 6.45) is -8.47. The number of halogens is 6. The van der Waals surface area contributed by atoms with E-state index in [1.54, 1.807) is 36.6 Å². The fraction of sp³-hybridized carbons (Fsp3) is 0.320. The molecule has 4 aromatic rings.